The number of rotatable bonds is 6. The molecule has 0 amide bonds. The molecule has 10 nitrogen and oxygen atoms in total. The van der Waals surface area contributed by atoms with Crippen LogP contribution in [0.2, 0.25) is 0 Å². The SMILES string of the molecule is CC1CCC(C[O][Ge]2([O]CC3CCC4CC3C4(C)C)[n]3c4c5ccccc5c3N=C3N=C(N=c5c6ccccc6c([n]52)=NC2=NC(=N4)c4ccccc42)c2ccccc23)CC1. The van der Waals surface area contributed by atoms with Crippen LogP contribution in [-0.4, -0.2) is 58.0 Å². The van der Waals surface area contributed by atoms with Crippen LogP contribution in [0.25, 0.3) is 21.5 Å². The number of amidine groups is 4. The van der Waals surface area contributed by atoms with Crippen LogP contribution in [0.15, 0.2) is 127 Å². The van der Waals surface area contributed by atoms with Crippen molar-refractivity contribution >= 4 is 70.9 Å². The number of fused-ring (bicyclic) bond motifs is 16. The van der Waals surface area contributed by atoms with E-state index < -0.39 is 14.4 Å². The van der Waals surface area contributed by atoms with E-state index in [9.17, 15) is 0 Å². The predicted molar refractivity (Wildman–Crippen MR) is 242 cm³/mol. The first-order chi connectivity index (χ1) is 29.9. The summed E-state index contributed by atoms with van der Waals surface area (Å²) in [6.07, 6.45) is 8.29. The molecule has 0 N–H and O–H groups in total. The van der Waals surface area contributed by atoms with Crippen molar-refractivity contribution < 1.29 is 7.53 Å². The zero-order valence-corrected chi connectivity index (χ0v) is 37.0. The van der Waals surface area contributed by atoms with Gasteiger partial charge in [-0.15, -0.1) is 0 Å². The number of benzene rings is 4. The quantitative estimate of drug-likeness (QED) is 0.156. The molecule has 4 fully saturated rings. The Morgan fingerprint density at radius 3 is 1.52 bits per heavy atom. The number of hydrogen-bond donors (Lipinski definition) is 0. The molecule has 8 bridgehead atoms. The summed E-state index contributed by atoms with van der Waals surface area (Å²) in [6.45, 7) is 8.46. The molecule has 304 valence electrons. The van der Waals surface area contributed by atoms with Gasteiger partial charge in [0.15, 0.2) is 0 Å². The predicted octanol–water partition coefficient (Wildman–Crippen LogP) is 9.30. The Hall–Kier alpha value is -5.30. The molecule has 4 aromatic carbocycles. The van der Waals surface area contributed by atoms with Gasteiger partial charge < -0.3 is 0 Å². The Morgan fingerprint density at radius 1 is 0.541 bits per heavy atom. The summed E-state index contributed by atoms with van der Waals surface area (Å²) in [7, 11) is 0. The third-order valence-corrected chi connectivity index (χ3v) is 21.9. The molecule has 6 aromatic rings. The van der Waals surface area contributed by atoms with Gasteiger partial charge in [-0.25, -0.2) is 0 Å². The molecule has 4 aliphatic heterocycles. The topological polar surface area (TPSA) is 102 Å². The molecule has 8 aliphatic rings. The second-order valence-electron chi connectivity index (χ2n) is 19.1. The van der Waals surface area contributed by atoms with E-state index in [2.05, 4.69) is 125 Å². The van der Waals surface area contributed by atoms with Gasteiger partial charge >= 0.3 is 360 Å². The number of aliphatic imine (C=N–C) groups is 4. The molecule has 11 heteroatoms. The third-order valence-electron chi connectivity index (χ3n) is 15.4. The van der Waals surface area contributed by atoms with Gasteiger partial charge in [0.05, 0.1) is 0 Å². The van der Waals surface area contributed by atoms with E-state index in [0.717, 1.165) is 97.5 Å². The average Bonchev–Trinajstić information content (AvgIpc) is 4.01. The molecule has 4 atom stereocenters. The van der Waals surface area contributed by atoms with Crippen molar-refractivity contribution in [3.63, 3.8) is 0 Å². The second-order valence-corrected chi connectivity index (χ2v) is 24.5. The van der Waals surface area contributed by atoms with Crippen molar-refractivity contribution in [3.05, 3.63) is 130 Å². The summed E-state index contributed by atoms with van der Waals surface area (Å²) in [5.41, 5.74) is 5.55. The van der Waals surface area contributed by atoms with Gasteiger partial charge in [0.1, 0.15) is 0 Å². The van der Waals surface area contributed by atoms with E-state index in [-0.39, 0.29) is 5.41 Å². The second kappa shape index (κ2) is 13.4. The van der Waals surface area contributed by atoms with Crippen LogP contribution in [0, 0.1) is 35.0 Å². The Kier molecular flexibility index (Phi) is 7.96. The molecule has 4 unspecified atom stereocenters. The fraction of sp³-hybridized carbons (Fsp3) is 0.360. The Bertz CT molecular complexity index is 2960. The standard InChI is InChI=1S/C50H48GeN8O2/c1-29-20-22-30(23-21-29)27-60-51(61-28-31-24-25-32-26-41(31)50(32,2)3)58-46-37-16-8-9-17-38(37)48(58)56-44-35-14-6-7-15-36(35)45(53-44)57-49-40-19-11-10-18-39(40)47(59(49)51)55-43-34-13-5-4-12-33(34)42(52-43)54-46/h4-19,29-32,41H,20-28H2,1-3H3. The normalized spacial score (nSPS) is 27.4. The number of aromatic nitrogens is 2. The minimum atomic E-state index is -4.99. The van der Waals surface area contributed by atoms with Crippen molar-refractivity contribution in [3.8, 4) is 0 Å². The maximum absolute atomic E-state index is 8.10. The van der Waals surface area contributed by atoms with Crippen LogP contribution in [0.4, 0.5) is 11.6 Å². The van der Waals surface area contributed by atoms with Gasteiger partial charge in [-0.1, -0.05) is 0 Å². The molecule has 14 rings (SSSR count). The minimum absolute atomic E-state index is 0.287. The maximum atomic E-state index is 8.10. The van der Waals surface area contributed by atoms with Crippen LogP contribution in [0.3, 0.4) is 0 Å². The first kappa shape index (κ1) is 36.4. The zero-order valence-electron chi connectivity index (χ0n) is 34.9. The fourth-order valence-corrected chi connectivity index (χ4v) is 19.0. The molecule has 6 heterocycles. The number of nitrogens with zero attached hydrogens (tertiary/aromatic N) is 8. The summed E-state index contributed by atoms with van der Waals surface area (Å²) in [5, 5.41) is 3.87. The molecule has 0 spiro atoms. The molecule has 4 aliphatic carbocycles. The molecule has 0 saturated heterocycles. The van der Waals surface area contributed by atoms with Crippen molar-refractivity contribution in [2.45, 2.75) is 65.7 Å². The van der Waals surface area contributed by atoms with Crippen molar-refractivity contribution in [1.29, 1.82) is 0 Å². The summed E-state index contributed by atoms with van der Waals surface area (Å²) in [6, 6.07) is 33.7. The van der Waals surface area contributed by atoms with Crippen LogP contribution >= 0.6 is 0 Å². The van der Waals surface area contributed by atoms with E-state index in [1.807, 2.05) is 0 Å². The summed E-state index contributed by atoms with van der Waals surface area (Å²) < 4.78 is 20.8. The van der Waals surface area contributed by atoms with E-state index in [0.29, 0.717) is 54.3 Å². The van der Waals surface area contributed by atoms with Crippen LogP contribution in [-0.2, 0) is 7.53 Å². The Balaban J connectivity index is 1.20. The average molecular weight is 866 g/mol. The summed E-state index contributed by atoms with van der Waals surface area (Å²) in [5.74, 6) is 6.83. The van der Waals surface area contributed by atoms with E-state index in [4.69, 9.17) is 37.5 Å². The Morgan fingerprint density at radius 2 is 1.02 bits per heavy atom. The summed E-state index contributed by atoms with van der Waals surface area (Å²) >= 11 is -4.99. The van der Waals surface area contributed by atoms with Gasteiger partial charge in [-0.05, 0) is 0 Å². The van der Waals surface area contributed by atoms with Crippen LogP contribution in [0.5, 0.6) is 0 Å². The molecular weight excluding hydrogens is 817 g/mol. The van der Waals surface area contributed by atoms with Crippen molar-refractivity contribution in [1.82, 2.24) is 7.05 Å². The number of hydrogen-bond acceptors (Lipinski definition) is 8. The molecule has 0 radical (unpaired) electrons. The van der Waals surface area contributed by atoms with E-state index >= 15 is 0 Å². The third kappa shape index (κ3) is 5.28. The zero-order chi connectivity index (χ0) is 40.6. The molecule has 61 heavy (non-hydrogen) atoms. The molecular formula is C50H48GeN8O2. The van der Waals surface area contributed by atoms with Crippen LogP contribution in [0.1, 0.15) is 88.0 Å². The van der Waals surface area contributed by atoms with Gasteiger partial charge in [0, 0.05) is 0 Å². The molecule has 4 saturated carbocycles. The Labute approximate surface area is 358 Å². The molecule has 2 aromatic heterocycles. The van der Waals surface area contributed by atoms with E-state index in [1.54, 1.807) is 0 Å². The van der Waals surface area contributed by atoms with E-state index in [1.165, 1.54) is 25.7 Å². The monoisotopic (exact) mass is 866 g/mol. The van der Waals surface area contributed by atoms with Gasteiger partial charge in [0.25, 0.3) is 0 Å². The first-order valence-electron chi connectivity index (χ1n) is 22.4. The first-order valence-corrected chi connectivity index (χ1v) is 26.0. The van der Waals surface area contributed by atoms with Crippen molar-refractivity contribution in [2.24, 2.45) is 65.0 Å². The van der Waals surface area contributed by atoms with Gasteiger partial charge in [-0.2, -0.15) is 0 Å². The van der Waals surface area contributed by atoms with Crippen molar-refractivity contribution in [2.75, 3.05) is 13.2 Å². The van der Waals surface area contributed by atoms with Gasteiger partial charge in [-0.3, -0.25) is 0 Å². The van der Waals surface area contributed by atoms with Gasteiger partial charge in [0.2, 0.25) is 0 Å². The fourth-order valence-electron chi connectivity index (χ4n) is 11.8. The van der Waals surface area contributed by atoms with Crippen LogP contribution < -0.4 is 11.0 Å². The summed E-state index contributed by atoms with van der Waals surface area (Å²) in [4.78, 5) is 33.1.